The normalized spacial score (nSPS) is 31.5. The van der Waals surface area contributed by atoms with Crippen LogP contribution in [0.15, 0.2) is 0 Å². The zero-order valence-corrected chi connectivity index (χ0v) is 9.02. The Morgan fingerprint density at radius 1 is 0.917 bits per heavy atom. The average Bonchev–Trinajstić information content (AvgIpc) is 1.83. The summed E-state index contributed by atoms with van der Waals surface area (Å²) in [6, 6.07) is 0. The summed E-state index contributed by atoms with van der Waals surface area (Å²) in [5.74, 6) is 0. The number of hydrogen-bond donors (Lipinski definition) is 0. The van der Waals surface area contributed by atoms with Gasteiger partial charge in [0.15, 0.2) is 0 Å². The van der Waals surface area contributed by atoms with Gasteiger partial charge in [0.1, 0.15) is 5.60 Å². The minimum Gasteiger partial charge on any atom is -0.236 e. The molecule has 0 aromatic rings. The van der Waals surface area contributed by atoms with Gasteiger partial charge in [-0.05, 0) is 19.3 Å². The quantitative estimate of drug-likeness (QED) is 0.523. The Bertz CT molecular complexity index is 162. The lowest BCUT2D eigenvalue weighted by molar-refractivity contribution is -0.432. The summed E-state index contributed by atoms with van der Waals surface area (Å²) >= 11 is 0. The summed E-state index contributed by atoms with van der Waals surface area (Å²) in [5, 5.41) is 0. The van der Waals surface area contributed by atoms with Crippen LogP contribution in [0.5, 0.6) is 0 Å². The summed E-state index contributed by atoms with van der Waals surface area (Å²) < 4.78 is 0. The average molecular weight is 172 g/mol. The van der Waals surface area contributed by atoms with E-state index in [0.29, 0.717) is 6.61 Å². The van der Waals surface area contributed by atoms with E-state index in [2.05, 4.69) is 41.5 Å². The SMILES string of the molecule is CC1(C)COOC(C)(C)C1(C)C. The van der Waals surface area contributed by atoms with E-state index in [0.717, 1.165) is 0 Å². The van der Waals surface area contributed by atoms with E-state index >= 15 is 0 Å². The molecule has 1 heterocycles. The molecular weight excluding hydrogens is 152 g/mol. The predicted octanol–water partition coefficient (Wildman–Crippen LogP) is 2.78. The van der Waals surface area contributed by atoms with Crippen molar-refractivity contribution in [2.75, 3.05) is 6.61 Å². The monoisotopic (exact) mass is 172 g/mol. The summed E-state index contributed by atoms with van der Waals surface area (Å²) in [7, 11) is 0. The van der Waals surface area contributed by atoms with Crippen molar-refractivity contribution in [3.8, 4) is 0 Å². The van der Waals surface area contributed by atoms with Gasteiger partial charge in [0.05, 0.1) is 6.61 Å². The molecule has 2 nitrogen and oxygen atoms in total. The first-order valence-electron chi connectivity index (χ1n) is 4.51. The first-order valence-corrected chi connectivity index (χ1v) is 4.51. The smallest absolute Gasteiger partial charge is 0.104 e. The van der Waals surface area contributed by atoms with Crippen LogP contribution in [0, 0.1) is 10.8 Å². The first-order chi connectivity index (χ1) is 5.21. The van der Waals surface area contributed by atoms with Gasteiger partial charge in [0.2, 0.25) is 0 Å². The highest BCUT2D eigenvalue weighted by Gasteiger charge is 2.53. The fourth-order valence-corrected chi connectivity index (χ4v) is 1.42. The van der Waals surface area contributed by atoms with E-state index < -0.39 is 0 Å². The van der Waals surface area contributed by atoms with Crippen molar-refractivity contribution in [1.29, 1.82) is 0 Å². The van der Waals surface area contributed by atoms with Crippen molar-refractivity contribution in [2.45, 2.75) is 47.1 Å². The molecule has 1 aliphatic rings. The fraction of sp³-hybridized carbons (Fsp3) is 1.00. The molecule has 1 rings (SSSR count). The second-order valence-corrected chi connectivity index (χ2v) is 5.36. The predicted molar refractivity (Wildman–Crippen MR) is 48.7 cm³/mol. The van der Waals surface area contributed by atoms with Crippen LogP contribution in [-0.4, -0.2) is 12.2 Å². The van der Waals surface area contributed by atoms with Crippen LogP contribution >= 0.6 is 0 Å². The molecule has 0 saturated carbocycles. The lowest BCUT2D eigenvalue weighted by Crippen LogP contribution is -2.56. The van der Waals surface area contributed by atoms with Crippen molar-refractivity contribution in [3.05, 3.63) is 0 Å². The maximum absolute atomic E-state index is 5.32. The zero-order valence-electron chi connectivity index (χ0n) is 9.02. The molecule has 72 valence electrons. The third-order valence-electron chi connectivity index (χ3n) is 3.88. The molecule has 1 aliphatic heterocycles. The van der Waals surface area contributed by atoms with E-state index in [9.17, 15) is 0 Å². The van der Waals surface area contributed by atoms with Crippen LogP contribution in [0.25, 0.3) is 0 Å². The molecular formula is C10H20O2. The standard InChI is InChI=1S/C10H20O2/c1-8(2)7-11-12-10(5,6)9(8,3)4/h7H2,1-6H3. The third kappa shape index (κ3) is 1.17. The van der Waals surface area contributed by atoms with E-state index in [-0.39, 0.29) is 16.4 Å². The molecule has 0 spiro atoms. The number of rotatable bonds is 0. The summed E-state index contributed by atoms with van der Waals surface area (Å²) in [5.41, 5.74) is 0.0712. The Morgan fingerprint density at radius 3 is 1.75 bits per heavy atom. The maximum atomic E-state index is 5.32. The lowest BCUT2D eigenvalue weighted by atomic mass is 9.60. The molecule has 0 radical (unpaired) electrons. The largest absolute Gasteiger partial charge is 0.236 e. The van der Waals surface area contributed by atoms with Crippen molar-refractivity contribution in [3.63, 3.8) is 0 Å². The highest BCUT2D eigenvalue weighted by atomic mass is 17.2. The van der Waals surface area contributed by atoms with Crippen molar-refractivity contribution in [1.82, 2.24) is 0 Å². The van der Waals surface area contributed by atoms with Crippen LogP contribution in [0.3, 0.4) is 0 Å². The Morgan fingerprint density at radius 2 is 1.42 bits per heavy atom. The Balaban J connectivity index is 2.99. The van der Waals surface area contributed by atoms with Gasteiger partial charge in [0, 0.05) is 5.41 Å². The minimum absolute atomic E-state index is 0.123. The molecule has 0 aromatic heterocycles. The zero-order chi connectivity index (χ0) is 9.62. The van der Waals surface area contributed by atoms with E-state index in [1.165, 1.54) is 0 Å². The van der Waals surface area contributed by atoms with Gasteiger partial charge in [-0.25, -0.2) is 9.78 Å². The molecule has 1 fully saturated rings. The topological polar surface area (TPSA) is 18.5 Å². The molecule has 0 aromatic carbocycles. The van der Waals surface area contributed by atoms with Crippen LogP contribution in [0.4, 0.5) is 0 Å². The Hall–Kier alpha value is -0.0800. The van der Waals surface area contributed by atoms with Gasteiger partial charge in [0.25, 0.3) is 0 Å². The second-order valence-electron chi connectivity index (χ2n) is 5.36. The minimum atomic E-state index is -0.214. The maximum Gasteiger partial charge on any atom is 0.104 e. The van der Waals surface area contributed by atoms with Crippen molar-refractivity contribution >= 4 is 0 Å². The molecule has 1 saturated heterocycles. The molecule has 0 aliphatic carbocycles. The van der Waals surface area contributed by atoms with Crippen LogP contribution in [0.2, 0.25) is 0 Å². The van der Waals surface area contributed by atoms with E-state index in [1.807, 2.05) is 0 Å². The van der Waals surface area contributed by atoms with Crippen LogP contribution < -0.4 is 0 Å². The van der Waals surface area contributed by atoms with Gasteiger partial charge in [-0.3, -0.25) is 0 Å². The molecule has 0 amide bonds. The second kappa shape index (κ2) is 2.46. The summed E-state index contributed by atoms with van der Waals surface area (Å²) in [6.45, 7) is 13.7. The third-order valence-corrected chi connectivity index (χ3v) is 3.88. The van der Waals surface area contributed by atoms with Gasteiger partial charge in [-0.1, -0.05) is 27.7 Å². The molecule has 12 heavy (non-hydrogen) atoms. The molecule has 0 atom stereocenters. The summed E-state index contributed by atoms with van der Waals surface area (Å²) in [4.78, 5) is 10.5. The van der Waals surface area contributed by atoms with Gasteiger partial charge >= 0.3 is 0 Å². The molecule has 0 unspecified atom stereocenters. The molecule has 0 N–H and O–H groups in total. The van der Waals surface area contributed by atoms with E-state index in [4.69, 9.17) is 9.78 Å². The van der Waals surface area contributed by atoms with E-state index in [1.54, 1.807) is 0 Å². The molecule has 0 bridgehead atoms. The highest BCUT2D eigenvalue weighted by molar-refractivity contribution is 4.98. The van der Waals surface area contributed by atoms with Crippen molar-refractivity contribution < 1.29 is 9.78 Å². The first kappa shape index (κ1) is 10.0. The molecule has 2 heteroatoms. The van der Waals surface area contributed by atoms with Gasteiger partial charge in [-0.2, -0.15) is 0 Å². The van der Waals surface area contributed by atoms with Crippen LogP contribution in [0.1, 0.15) is 41.5 Å². The van der Waals surface area contributed by atoms with Crippen LogP contribution in [-0.2, 0) is 9.78 Å². The Kier molecular flexibility index (Phi) is 2.05. The van der Waals surface area contributed by atoms with Gasteiger partial charge < -0.3 is 0 Å². The van der Waals surface area contributed by atoms with Crippen molar-refractivity contribution in [2.24, 2.45) is 10.8 Å². The number of hydrogen-bond acceptors (Lipinski definition) is 2. The van der Waals surface area contributed by atoms with Gasteiger partial charge in [-0.15, -0.1) is 0 Å². The Labute approximate surface area is 75.2 Å². The fourth-order valence-electron chi connectivity index (χ4n) is 1.42. The highest BCUT2D eigenvalue weighted by Crippen LogP contribution is 2.51. The summed E-state index contributed by atoms with van der Waals surface area (Å²) in [6.07, 6.45) is 0. The lowest BCUT2D eigenvalue weighted by Gasteiger charge is -2.53.